The highest BCUT2D eigenvalue weighted by Gasteiger charge is 2.10. The number of nitrogens with one attached hydrogen (secondary N) is 1. The lowest BCUT2D eigenvalue weighted by molar-refractivity contribution is -0.117. The lowest BCUT2D eigenvalue weighted by Crippen LogP contribution is -2.29. The number of nitriles is 1. The standard InChI is InChI=1S/C23H26N2O4/c1-5-28-21-7-6-18(14-22(21)27-4)13-19(15-24)23(26)25-8-9-29-20-11-16(2)10-17(3)12-20/h6-7,10-14H,5,8-9H2,1-4H3,(H,25,26). The van der Waals surface area contributed by atoms with E-state index < -0.39 is 5.91 Å². The molecule has 6 nitrogen and oxygen atoms in total. The molecule has 0 bridgehead atoms. The van der Waals surface area contributed by atoms with Crippen molar-refractivity contribution in [1.29, 1.82) is 5.26 Å². The van der Waals surface area contributed by atoms with Gasteiger partial charge in [-0.1, -0.05) is 12.1 Å². The Morgan fingerprint density at radius 1 is 1.10 bits per heavy atom. The molecular weight excluding hydrogens is 368 g/mol. The van der Waals surface area contributed by atoms with Gasteiger partial charge in [-0.25, -0.2) is 0 Å². The molecule has 2 aromatic rings. The number of hydrogen-bond donors (Lipinski definition) is 1. The molecule has 0 unspecified atom stereocenters. The van der Waals surface area contributed by atoms with Gasteiger partial charge in [0.15, 0.2) is 11.5 Å². The van der Waals surface area contributed by atoms with Crippen LogP contribution in [0, 0.1) is 25.2 Å². The molecule has 0 spiro atoms. The third kappa shape index (κ3) is 6.58. The van der Waals surface area contributed by atoms with E-state index in [9.17, 15) is 10.1 Å². The van der Waals surface area contributed by atoms with Gasteiger partial charge in [0.2, 0.25) is 0 Å². The first-order valence-electron chi connectivity index (χ1n) is 9.38. The van der Waals surface area contributed by atoms with E-state index in [4.69, 9.17) is 14.2 Å². The first kappa shape index (κ1) is 21.8. The molecule has 0 fully saturated rings. The Hall–Kier alpha value is -3.46. The van der Waals surface area contributed by atoms with Crippen molar-refractivity contribution in [2.45, 2.75) is 20.8 Å². The van der Waals surface area contributed by atoms with Crippen molar-refractivity contribution in [3.05, 3.63) is 58.7 Å². The zero-order valence-electron chi connectivity index (χ0n) is 17.2. The van der Waals surface area contributed by atoms with E-state index in [1.807, 2.05) is 39.0 Å². The van der Waals surface area contributed by atoms with Gasteiger partial charge in [-0.15, -0.1) is 0 Å². The number of benzene rings is 2. The fourth-order valence-corrected chi connectivity index (χ4v) is 2.81. The largest absolute Gasteiger partial charge is 0.493 e. The Labute approximate surface area is 171 Å². The average Bonchev–Trinajstić information content (AvgIpc) is 2.69. The quantitative estimate of drug-likeness (QED) is 0.397. The summed E-state index contributed by atoms with van der Waals surface area (Å²) in [6, 6.07) is 13.1. The summed E-state index contributed by atoms with van der Waals surface area (Å²) in [6.07, 6.45) is 1.51. The predicted molar refractivity (Wildman–Crippen MR) is 112 cm³/mol. The summed E-state index contributed by atoms with van der Waals surface area (Å²) in [5.41, 5.74) is 2.90. The second-order valence-corrected chi connectivity index (χ2v) is 6.44. The van der Waals surface area contributed by atoms with E-state index in [1.54, 1.807) is 25.3 Å². The van der Waals surface area contributed by atoms with Crippen LogP contribution in [0.5, 0.6) is 17.2 Å². The molecule has 0 aliphatic carbocycles. The molecule has 1 N–H and O–H groups in total. The van der Waals surface area contributed by atoms with E-state index in [2.05, 4.69) is 11.4 Å². The second-order valence-electron chi connectivity index (χ2n) is 6.44. The van der Waals surface area contributed by atoms with Crippen LogP contribution < -0.4 is 19.5 Å². The van der Waals surface area contributed by atoms with Crippen LogP contribution in [0.1, 0.15) is 23.6 Å². The van der Waals surface area contributed by atoms with Crippen LogP contribution in [0.25, 0.3) is 6.08 Å². The summed E-state index contributed by atoms with van der Waals surface area (Å²) < 4.78 is 16.4. The van der Waals surface area contributed by atoms with E-state index in [0.29, 0.717) is 30.3 Å². The minimum atomic E-state index is -0.454. The van der Waals surface area contributed by atoms with Crippen molar-refractivity contribution >= 4 is 12.0 Å². The molecule has 0 radical (unpaired) electrons. The maximum absolute atomic E-state index is 12.3. The molecule has 6 heteroatoms. The summed E-state index contributed by atoms with van der Waals surface area (Å²) in [4.78, 5) is 12.3. The van der Waals surface area contributed by atoms with Gasteiger partial charge in [-0.3, -0.25) is 4.79 Å². The van der Waals surface area contributed by atoms with Gasteiger partial charge in [0.25, 0.3) is 5.91 Å². The van der Waals surface area contributed by atoms with Gasteiger partial charge in [-0.05, 0) is 67.8 Å². The molecule has 0 atom stereocenters. The monoisotopic (exact) mass is 394 g/mol. The van der Waals surface area contributed by atoms with Crippen molar-refractivity contribution in [2.75, 3.05) is 26.9 Å². The Morgan fingerprint density at radius 2 is 1.83 bits per heavy atom. The SMILES string of the molecule is CCOc1ccc(C=C(C#N)C(=O)NCCOc2cc(C)cc(C)c2)cc1OC. The minimum absolute atomic E-state index is 0.00242. The van der Waals surface area contributed by atoms with Crippen molar-refractivity contribution in [3.63, 3.8) is 0 Å². The van der Waals surface area contributed by atoms with E-state index in [1.165, 1.54) is 6.08 Å². The smallest absolute Gasteiger partial charge is 0.262 e. The Morgan fingerprint density at radius 3 is 2.45 bits per heavy atom. The molecule has 0 heterocycles. The highest BCUT2D eigenvalue weighted by atomic mass is 16.5. The molecule has 2 aromatic carbocycles. The Bertz CT molecular complexity index is 909. The topological polar surface area (TPSA) is 80.6 Å². The van der Waals surface area contributed by atoms with Crippen LogP contribution in [-0.4, -0.2) is 32.8 Å². The van der Waals surface area contributed by atoms with Crippen molar-refractivity contribution < 1.29 is 19.0 Å². The minimum Gasteiger partial charge on any atom is -0.493 e. The number of methoxy groups -OCH3 is 1. The number of amides is 1. The zero-order chi connectivity index (χ0) is 21.2. The maximum Gasteiger partial charge on any atom is 0.262 e. The number of carbonyl (C=O) groups excluding carboxylic acids is 1. The number of hydrogen-bond acceptors (Lipinski definition) is 5. The summed E-state index contributed by atoms with van der Waals surface area (Å²) in [5, 5.41) is 12.1. The van der Waals surface area contributed by atoms with Crippen molar-refractivity contribution in [3.8, 4) is 23.3 Å². The number of carbonyl (C=O) groups is 1. The molecule has 2 rings (SSSR count). The van der Waals surface area contributed by atoms with Crippen LogP contribution >= 0.6 is 0 Å². The molecular formula is C23H26N2O4. The highest BCUT2D eigenvalue weighted by Crippen LogP contribution is 2.28. The molecule has 1 amide bonds. The maximum atomic E-state index is 12.3. The Kier molecular flexibility index (Phi) is 8.11. The highest BCUT2D eigenvalue weighted by molar-refractivity contribution is 6.01. The number of ether oxygens (including phenoxy) is 3. The van der Waals surface area contributed by atoms with Gasteiger partial charge in [0, 0.05) is 0 Å². The van der Waals surface area contributed by atoms with Gasteiger partial charge >= 0.3 is 0 Å². The fraction of sp³-hybridized carbons (Fsp3) is 0.304. The summed E-state index contributed by atoms with van der Waals surface area (Å²) in [6.45, 7) is 7.00. The van der Waals surface area contributed by atoms with Gasteiger partial charge in [0.1, 0.15) is 24.0 Å². The van der Waals surface area contributed by atoms with E-state index >= 15 is 0 Å². The molecule has 152 valence electrons. The second kappa shape index (κ2) is 10.8. The molecule has 0 saturated carbocycles. The number of nitrogens with zero attached hydrogens (tertiary/aromatic N) is 1. The summed E-state index contributed by atoms with van der Waals surface area (Å²) in [7, 11) is 1.54. The Balaban J connectivity index is 1.96. The molecule has 29 heavy (non-hydrogen) atoms. The third-order valence-corrected chi connectivity index (χ3v) is 4.02. The molecule has 0 aromatic heterocycles. The number of aryl methyl sites for hydroxylation is 2. The van der Waals surface area contributed by atoms with Crippen LogP contribution in [0.4, 0.5) is 0 Å². The average molecular weight is 394 g/mol. The van der Waals surface area contributed by atoms with Crippen LogP contribution in [0.3, 0.4) is 0 Å². The summed E-state index contributed by atoms with van der Waals surface area (Å²) in [5.74, 6) is 1.46. The third-order valence-electron chi connectivity index (χ3n) is 4.02. The predicted octanol–water partition coefficient (Wildman–Crippen LogP) is 3.81. The van der Waals surface area contributed by atoms with Gasteiger partial charge in [0.05, 0.1) is 20.3 Å². The van der Waals surface area contributed by atoms with E-state index in [-0.39, 0.29) is 12.1 Å². The zero-order valence-corrected chi connectivity index (χ0v) is 17.2. The first-order valence-corrected chi connectivity index (χ1v) is 9.38. The first-order chi connectivity index (χ1) is 14.0. The van der Waals surface area contributed by atoms with Crippen LogP contribution in [0.15, 0.2) is 42.0 Å². The van der Waals surface area contributed by atoms with Gasteiger partial charge < -0.3 is 19.5 Å². The molecule has 0 saturated heterocycles. The lowest BCUT2D eigenvalue weighted by Gasteiger charge is -2.10. The van der Waals surface area contributed by atoms with E-state index in [0.717, 1.165) is 16.9 Å². The lowest BCUT2D eigenvalue weighted by atomic mass is 10.1. The van der Waals surface area contributed by atoms with Crippen molar-refractivity contribution in [2.24, 2.45) is 0 Å². The normalized spacial score (nSPS) is 10.8. The van der Waals surface area contributed by atoms with Gasteiger partial charge in [-0.2, -0.15) is 5.26 Å². The fourth-order valence-electron chi connectivity index (χ4n) is 2.81. The van der Waals surface area contributed by atoms with Crippen molar-refractivity contribution in [1.82, 2.24) is 5.32 Å². The molecule has 0 aliphatic rings. The van der Waals surface area contributed by atoms with Crippen LogP contribution in [-0.2, 0) is 4.79 Å². The van der Waals surface area contributed by atoms with Crippen LogP contribution in [0.2, 0.25) is 0 Å². The summed E-state index contributed by atoms with van der Waals surface area (Å²) >= 11 is 0. The number of rotatable bonds is 9. The molecule has 0 aliphatic heterocycles.